The van der Waals surface area contributed by atoms with Crippen LogP contribution in [0.25, 0.3) is 0 Å². The number of hydrogen-bond acceptors (Lipinski definition) is 1. The molecule has 4 heteroatoms. The first-order valence-corrected chi connectivity index (χ1v) is 7.37. The monoisotopic (exact) mass is 409 g/mol. The molecule has 0 spiro atoms. The summed E-state index contributed by atoms with van der Waals surface area (Å²) in [4.78, 5) is 4.48. The molecule has 1 unspecified atom stereocenters. The highest BCUT2D eigenvalue weighted by atomic mass is 127. The molecule has 0 aliphatic carbocycles. The smallest absolute Gasteiger partial charge is 0.193 e. The number of guanidine groups is 1. The van der Waals surface area contributed by atoms with Crippen LogP contribution in [0.4, 0.5) is 5.69 Å². The van der Waals surface area contributed by atoms with Crippen LogP contribution in [0.3, 0.4) is 0 Å². The van der Waals surface area contributed by atoms with Crippen molar-refractivity contribution < 1.29 is 0 Å². The number of aryl methyl sites for hydroxylation is 1. The number of nitrogens with one attached hydrogen (secondary N) is 1. The Bertz CT molecular complexity index is 596. The predicted octanol–water partition coefficient (Wildman–Crippen LogP) is 4.53. The van der Waals surface area contributed by atoms with Crippen LogP contribution in [0.15, 0.2) is 59.6 Å². The van der Waals surface area contributed by atoms with Crippen LogP contribution >= 0.6 is 24.0 Å². The normalized spacial score (nSPS) is 12.4. The number of nitrogens with two attached hydrogens (primary N) is 1. The van der Waals surface area contributed by atoms with E-state index >= 15 is 0 Å². The van der Waals surface area contributed by atoms with Gasteiger partial charge in [-0.25, -0.2) is 0 Å². The van der Waals surface area contributed by atoms with Crippen LogP contribution in [0.1, 0.15) is 30.4 Å². The molecule has 0 amide bonds. The van der Waals surface area contributed by atoms with Crippen LogP contribution in [-0.2, 0) is 0 Å². The Labute approximate surface area is 150 Å². The summed E-state index contributed by atoms with van der Waals surface area (Å²) in [5.74, 6) is 0.874. The standard InChI is InChI=1S/C18H23N3.HI/c1-3-15(16-9-5-4-6-10-16)13-20-18(19)21-17-11-7-8-14(2)12-17;/h4-12,15H,3,13H2,1-2H3,(H3,19,20,21);1H. The number of benzene rings is 2. The van der Waals surface area contributed by atoms with Gasteiger partial charge >= 0.3 is 0 Å². The van der Waals surface area contributed by atoms with E-state index in [-0.39, 0.29) is 24.0 Å². The van der Waals surface area contributed by atoms with E-state index in [1.54, 1.807) is 0 Å². The second-order valence-corrected chi connectivity index (χ2v) is 5.24. The van der Waals surface area contributed by atoms with E-state index in [1.165, 1.54) is 11.1 Å². The lowest BCUT2D eigenvalue weighted by Gasteiger charge is -2.13. The van der Waals surface area contributed by atoms with E-state index in [0.29, 0.717) is 18.4 Å². The number of halogens is 1. The summed E-state index contributed by atoms with van der Waals surface area (Å²) in [7, 11) is 0. The zero-order valence-corrected chi connectivity index (χ0v) is 15.5. The van der Waals surface area contributed by atoms with Gasteiger partial charge in [0.15, 0.2) is 5.96 Å². The molecule has 0 aliphatic rings. The molecule has 0 saturated heterocycles. The Kier molecular flexibility index (Phi) is 7.95. The maximum Gasteiger partial charge on any atom is 0.193 e. The van der Waals surface area contributed by atoms with Crippen molar-refractivity contribution in [3.8, 4) is 0 Å². The number of rotatable bonds is 5. The van der Waals surface area contributed by atoms with Gasteiger partial charge in [0.1, 0.15) is 0 Å². The van der Waals surface area contributed by atoms with Crippen LogP contribution in [-0.4, -0.2) is 12.5 Å². The lowest BCUT2D eigenvalue weighted by Crippen LogP contribution is -2.23. The first-order valence-electron chi connectivity index (χ1n) is 7.37. The molecule has 0 fully saturated rings. The molecule has 0 radical (unpaired) electrons. The summed E-state index contributed by atoms with van der Waals surface area (Å²) in [6.07, 6.45) is 1.05. The van der Waals surface area contributed by atoms with Gasteiger partial charge in [-0.1, -0.05) is 49.4 Å². The lowest BCUT2D eigenvalue weighted by molar-refractivity contribution is 0.675. The topological polar surface area (TPSA) is 50.4 Å². The molecular weight excluding hydrogens is 385 g/mol. The summed E-state index contributed by atoms with van der Waals surface area (Å²) >= 11 is 0. The lowest BCUT2D eigenvalue weighted by atomic mass is 9.97. The summed E-state index contributed by atoms with van der Waals surface area (Å²) in [5, 5.41) is 3.14. The minimum Gasteiger partial charge on any atom is -0.370 e. The third-order valence-corrected chi connectivity index (χ3v) is 3.54. The van der Waals surface area contributed by atoms with Crippen molar-refractivity contribution >= 4 is 35.6 Å². The van der Waals surface area contributed by atoms with Crippen molar-refractivity contribution in [3.63, 3.8) is 0 Å². The van der Waals surface area contributed by atoms with Crippen molar-refractivity contribution in [2.24, 2.45) is 10.7 Å². The highest BCUT2D eigenvalue weighted by Crippen LogP contribution is 2.19. The fourth-order valence-electron chi connectivity index (χ4n) is 2.31. The quantitative estimate of drug-likeness (QED) is 0.433. The van der Waals surface area contributed by atoms with Crippen LogP contribution in [0, 0.1) is 6.92 Å². The third kappa shape index (κ3) is 5.67. The van der Waals surface area contributed by atoms with Gasteiger partial charge in [0.25, 0.3) is 0 Å². The zero-order chi connectivity index (χ0) is 15.1. The molecule has 2 aromatic carbocycles. The van der Waals surface area contributed by atoms with Gasteiger partial charge in [-0.2, -0.15) is 0 Å². The van der Waals surface area contributed by atoms with E-state index in [2.05, 4.69) is 60.6 Å². The van der Waals surface area contributed by atoms with E-state index in [9.17, 15) is 0 Å². The van der Waals surface area contributed by atoms with E-state index in [1.807, 2.05) is 18.2 Å². The molecule has 0 aliphatic heterocycles. The third-order valence-electron chi connectivity index (χ3n) is 3.54. The molecule has 2 aromatic rings. The molecule has 22 heavy (non-hydrogen) atoms. The highest BCUT2D eigenvalue weighted by molar-refractivity contribution is 14.0. The number of nitrogens with zero attached hydrogens (tertiary/aromatic N) is 1. The fraction of sp³-hybridized carbons (Fsp3) is 0.278. The minimum absolute atomic E-state index is 0. The van der Waals surface area contributed by atoms with Crippen molar-refractivity contribution in [3.05, 3.63) is 65.7 Å². The summed E-state index contributed by atoms with van der Waals surface area (Å²) in [5.41, 5.74) is 9.46. The second kappa shape index (κ2) is 9.46. The largest absolute Gasteiger partial charge is 0.370 e. The van der Waals surface area contributed by atoms with Crippen molar-refractivity contribution in [1.82, 2.24) is 0 Å². The van der Waals surface area contributed by atoms with Crippen molar-refractivity contribution in [2.45, 2.75) is 26.2 Å². The summed E-state index contributed by atoms with van der Waals surface area (Å²) in [6.45, 7) is 4.93. The predicted molar refractivity (Wildman–Crippen MR) is 106 cm³/mol. The zero-order valence-electron chi connectivity index (χ0n) is 13.1. The summed E-state index contributed by atoms with van der Waals surface area (Å²) in [6, 6.07) is 18.6. The first-order chi connectivity index (χ1) is 10.2. The fourth-order valence-corrected chi connectivity index (χ4v) is 2.31. The van der Waals surface area contributed by atoms with E-state index < -0.39 is 0 Å². The SMILES string of the molecule is CCC(CN=C(N)Nc1cccc(C)c1)c1ccccc1.I. The second-order valence-electron chi connectivity index (χ2n) is 5.24. The van der Waals surface area contributed by atoms with E-state index in [0.717, 1.165) is 12.1 Å². The molecular formula is C18H24IN3. The van der Waals surface area contributed by atoms with Crippen molar-refractivity contribution in [2.75, 3.05) is 11.9 Å². The Balaban J connectivity index is 0.00000242. The molecule has 1 atom stereocenters. The molecule has 0 aromatic heterocycles. The molecule has 118 valence electrons. The molecule has 0 heterocycles. The maximum atomic E-state index is 5.98. The molecule has 2 rings (SSSR count). The van der Waals surface area contributed by atoms with Crippen LogP contribution in [0.2, 0.25) is 0 Å². The first kappa shape index (κ1) is 18.5. The maximum absolute atomic E-state index is 5.98. The number of hydrogen-bond donors (Lipinski definition) is 2. The average molecular weight is 409 g/mol. The van der Waals surface area contributed by atoms with Gasteiger partial charge in [-0.15, -0.1) is 24.0 Å². The highest BCUT2D eigenvalue weighted by Gasteiger charge is 2.08. The molecule has 3 nitrogen and oxygen atoms in total. The Morgan fingerprint density at radius 3 is 2.50 bits per heavy atom. The van der Waals surface area contributed by atoms with Crippen molar-refractivity contribution in [1.29, 1.82) is 0 Å². The molecule has 0 saturated carbocycles. The Morgan fingerprint density at radius 2 is 1.86 bits per heavy atom. The van der Waals surface area contributed by atoms with Gasteiger partial charge in [-0.05, 0) is 36.6 Å². The summed E-state index contributed by atoms with van der Waals surface area (Å²) < 4.78 is 0. The Morgan fingerprint density at radius 1 is 1.14 bits per heavy atom. The molecule has 0 bridgehead atoms. The van der Waals surface area contributed by atoms with E-state index in [4.69, 9.17) is 5.73 Å². The molecule has 3 N–H and O–H groups in total. The van der Waals surface area contributed by atoms with Gasteiger partial charge in [0, 0.05) is 18.2 Å². The van der Waals surface area contributed by atoms with Gasteiger partial charge in [0.05, 0.1) is 0 Å². The van der Waals surface area contributed by atoms with Gasteiger partial charge in [-0.3, -0.25) is 4.99 Å². The van der Waals surface area contributed by atoms with Gasteiger partial charge in [0.2, 0.25) is 0 Å². The van der Waals surface area contributed by atoms with Crippen LogP contribution < -0.4 is 11.1 Å². The minimum atomic E-state index is 0. The Hall–Kier alpha value is -1.56. The van der Waals surface area contributed by atoms with Gasteiger partial charge < -0.3 is 11.1 Å². The number of anilines is 1. The average Bonchev–Trinajstić information content (AvgIpc) is 2.49. The van der Waals surface area contributed by atoms with Crippen LogP contribution in [0.5, 0.6) is 0 Å². The number of aliphatic imine (C=N–C) groups is 1.